The number of rotatable bonds is 4. The van der Waals surface area contributed by atoms with E-state index >= 15 is 0 Å². The van der Waals surface area contributed by atoms with Gasteiger partial charge < -0.3 is 15.8 Å². The van der Waals surface area contributed by atoms with Crippen LogP contribution in [0, 0.1) is 6.92 Å². The predicted octanol–water partition coefficient (Wildman–Crippen LogP) is 4.03. The summed E-state index contributed by atoms with van der Waals surface area (Å²) in [5, 5.41) is 3.81. The van der Waals surface area contributed by atoms with Crippen molar-refractivity contribution in [3.63, 3.8) is 0 Å². The van der Waals surface area contributed by atoms with Crippen LogP contribution in [0.1, 0.15) is 11.1 Å². The van der Waals surface area contributed by atoms with E-state index in [1.807, 2.05) is 37.3 Å². The molecule has 3 N–H and O–H groups in total. The number of nitrogens with two attached hydrogens (primary N) is 1. The lowest BCUT2D eigenvalue weighted by Gasteiger charge is -2.14. The minimum Gasteiger partial charge on any atom is -0.496 e. The molecule has 2 aromatic rings. The summed E-state index contributed by atoms with van der Waals surface area (Å²) in [5.74, 6) is 0.844. The van der Waals surface area contributed by atoms with E-state index in [1.165, 1.54) is 0 Å². The summed E-state index contributed by atoms with van der Waals surface area (Å²) in [5.41, 5.74) is 9.13. The third kappa shape index (κ3) is 3.03. The Morgan fingerprint density at radius 2 is 2.05 bits per heavy atom. The molecule has 2 rings (SSSR count). The third-order valence-corrected chi connectivity index (χ3v) is 3.45. The first-order valence-corrected chi connectivity index (χ1v) is 6.81. The van der Waals surface area contributed by atoms with Crippen molar-refractivity contribution < 1.29 is 4.74 Å². The molecule has 0 unspecified atom stereocenters. The fourth-order valence-electron chi connectivity index (χ4n) is 1.99. The van der Waals surface area contributed by atoms with E-state index in [-0.39, 0.29) is 4.99 Å². The zero-order chi connectivity index (χ0) is 14.7. The van der Waals surface area contributed by atoms with Gasteiger partial charge in [-0.3, -0.25) is 0 Å². The standard InChI is InChI=1S/C15H15ClN2OS/c1-9-8-10(6-7-13(9)19-2)18-12-5-3-4-11(16)14(12)15(17)20/h3-8,18H,1-2H3,(H2,17,20). The van der Waals surface area contributed by atoms with Crippen LogP contribution >= 0.6 is 23.8 Å². The van der Waals surface area contributed by atoms with Gasteiger partial charge >= 0.3 is 0 Å². The molecular formula is C15H15ClN2OS. The van der Waals surface area contributed by atoms with Gasteiger partial charge in [-0.25, -0.2) is 0 Å². The lowest BCUT2D eigenvalue weighted by atomic mass is 10.1. The van der Waals surface area contributed by atoms with Gasteiger partial charge in [-0.2, -0.15) is 0 Å². The van der Waals surface area contributed by atoms with Gasteiger partial charge in [-0.05, 0) is 42.8 Å². The van der Waals surface area contributed by atoms with E-state index in [9.17, 15) is 0 Å². The van der Waals surface area contributed by atoms with Crippen LogP contribution in [0.15, 0.2) is 36.4 Å². The summed E-state index contributed by atoms with van der Waals surface area (Å²) in [6, 6.07) is 11.3. The minimum absolute atomic E-state index is 0.267. The molecular weight excluding hydrogens is 292 g/mol. The largest absolute Gasteiger partial charge is 0.496 e. The quantitative estimate of drug-likeness (QED) is 0.837. The molecule has 0 amide bonds. The molecule has 0 aliphatic rings. The molecule has 0 fully saturated rings. The third-order valence-electron chi connectivity index (χ3n) is 2.93. The van der Waals surface area contributed by atoms with Gasteiger partial charge in [0, 0.05) is 5.69 Å². The number of nitrogens with one attached hydrogen (secondary N) is 1. The molecule has 0 aromatic heterocycles. The maximum atomic E-state index is 6.14. The molecule has 0 saturated heterocycles. The Morgan fingerprint density at radius 1 is 1.30 bits per heavy atom. The molecule has 3 nitrogen and oxygen atoms in total. The first-order chi connectivity index (χ1) is 9.52. The predicted molar refractivity (Wildman–Crippen MR) is 88.4 cm³/mol. The van der Waals surface area contributed by atoms with Crippen LogP contribution in [0.25, 0.3) is 0 Å². The fraction of sp³-hybridized carbons (Fsp3) is 0.133. The highest BCUT2D eigenvalue weighted by atomic mass is 35.5. The molecule has 5 heteroatoms. The van der Waals surface area contributed by atoms with Gasteiger partial charge in [0.05, 0.1) is 23.4 Å². The first kappa shape index (κ1) is 14.6. The van der Waals surface area contributed by atoms with Gasteiger partial charge in [-0.1, -0.05) is 29.9 Å². The van der Waals surface area contributed by atoms with Crippen LogP contribution in [0.2, 0.25) is 5.02 Å². The van der Waals surface area contributed by atoms with Crippen LogP contribution in [0.3, 0.4) is 0 Å². The number of hydrogen-bond acceptors (Lipinski definition) is 3. The number of methoxy groups -OCH3 is 1. The van der Waals surface area contributed by atoms with Crippen molar-refractivity contribution in [1.29, 1.82) is 0 Å². The lowest BCUT2D eigenvalue weighted by Crippen LogP contribution is -2.12. The number of benzene rings is 2. The second kappa shape index (κ2) is 6.11. The summed E-state index contributed by atoms with van der Waals surface area (Å²) >= 11 is 11.2. The molecule has 0 aliphatic heterocycles. The molecule has 0 saturated carbocycles. The number of aryl methyl sites for hydroxylation is 1. The Bertz CT molecular complexity index is 658. The number of ether oxygens (including phenoxy) is 1. The minimum atomic E-state index is 0.267. The number of halogens is 1. The molecule has 0 spiro atoms. The number of hydrogen-bond donors (Lipinski definition) is 2. The smallest absolute Gasteiger partial charge is 0.121 e. The van der Waals surface area contributed by atoms with E-state index in [2.05, 4.69) is 5.32 Å². The van der Waals surface area contributed by atoms with Crippen molar-refractivity contribution in [2.45, 2.75) is 6.92 Å². The summed E-state index contributed by atoms with van der Waals surface area (Å²) in [7, 11) is 1.65. The highest BCUT2D eigenvalue weighted by Crippen LogP contribution is 2.29. The van der Waals surface area contributed by atoms with E-state index in [1.54, 1.807) is 13.2 Å². The average Bonchev–Trinajstić information content (AvgIpc) is 2.38. The van der Waals surface area contributed by atoms with Crippen molar-refractivity contribution in [2.24, 2.45) is 5.73 Å². The van der Waals surface area contributed by atoms with Gasteiger partial charge in [0.15, 0.2) is 0 Å². The van der Waals surface area contributed by atoms with Gasteiger partial charge in [-0.15, -0.1) is 0 Å². The van der Waals surface area contributed by atoms with Gasteiger partial charge in [0.2, 0.25) is 0 Å². The molecule has 0 bridgehead atoms. The van der Waals surface area contributed by atoms with Crippen LogP contribution in [-0.2, 0) is 0 Å². The summed E-state index contributed by atoms with van der Waals surface area (Å²) in [6.07, 6.45) is 0. The maximum Gasteiger partial charge on any atom is 0.121 e. The molecule has 2 aromatic carbocycles. The second-order valence-electron chi connectivity index (χ2n) is 4.34. The average molecular weight is 307 g/mol. The Labute approximate surface area is 128 Å². The highest BCUT2D eigenvalue weighted by Gasteiger charge is 2.10. The number of anilines is 2. The van der Waals surface area contributed by atoms with Crippen molar-refractivity contribution >= 4 is 40.2 Å². The fourth-order valence-corrected chi connectivity index (χ4v) is 2.54. The second-order valence-corrected chi connectivity index (χ2v) is 5.18. The molecule has 0 aliphatic carbocycles. The Balaban J connectivity index is 2.38. The zero-order valence-electron chi connectivity index (χ0n) is 11.2. The molecule has 20 heavy (non-hydrogen) atoms. The van der Waals surface area contributed by atoms with Gasteiger partial charge in [0.25, 0.3) is 0 Å². The van der Waals surface area contributed by atoms with Crippen molar-refractivity contribution in [1.82, 2.24) is 0 Å². The number of thiocarbonyl (C=S) groups is 1. The topological polar surface area (TPSA) is 47.3 Å². The van der Waals surface area contributed by atoms with E-state index < -0.39 is 0 Å². The summed E-state index contributed by atoms with van der Waals surface area (Å²) in [6.45, 7) is 1.98. The monoisotopic (exact) mass is 306 g/mol. The molecule has 0 heterocycles. The highest BCUT2D eigenvalue weighted by molar-refractivity contribution is 7.80. The summed E-state index contributed by atoms with van der Waals surface area (Å²) < 4.78 is 5.24. The van der Waals surface area contributed by atoms with Crippen LogP contribution in [0.5, 0.6) is 5.75 Å². The normalized spacial score (nSPS) is 10.2. The Kier molecular flexibility index (Phi) is 4.47. The maximum absolute atomic E-state index is 6.14. The Hall–Kier alpha value is -1.78. The van der Waals surface area contributed by atoms with Crippen LogP contribution in [0.4, 0.5) is 11.4 Å². The molecule has 104 valence electrons. The van der Waals surface area contributed by atoms with Crippen LogP contribution < -0.4 is 15.8 Å². The van der Waals surface area contributed by atoms with Crippen molar-refractivity contribution in [3.8, 4) is 5.75 Å². The first-order valence-electron chi connectivity index (χ1n) is 6.03. The lowest BCUT2D eigenvalue weighted by molar-refractivity contribution is 0.412. The Morgan fingerprint density at radius 3 is 2.65 bits per heavy atom. The van der Waals surface area contributed by atoms with E-state index in [0.29, 0.717) is 10.6 Å². The van der Waals surface area contributed by atoms with Gasteiger partial charge in [0.1, 0.15) is 10.7 Å². The SMILES string of the molecule is COc1ccc(Nc2cccc(Cl)c2C(N)=S)cc1C. The van der Waals surface area contributed by atoms with E-state index in [4.69, 9.17) is 34.3 Å². The van der Waals surface area contributed by atoms with Crippen molar-refractivity contribution in [2.75, 3.05) is 12.4 Å². The van der Waals surface area contributed by atoms with Crippen LogP contribution in [-0.4, -0.2) is 12.1 Å². The summed E-state index contributed by atoms with van der Waals surface area (Å²) in [4.78, 5) is 0.267. The molecule has 0 radical (unpaired) electrons. The van der Waals surface area contributed by atoms with Crippen molar-refractivity contribution in [3.05, 3.63) is 52.5 Å². The zero-order valence-corrected chi connectivity index (χ0v) is 12.8. The van der Waals surface area contributed by atoms with E-state index in [0.717, 1.165) is 22.7 Å². The molecule has 0 atom stereocenters.